The van der Waals surface area contributed by atoms with Gasteiger partial charge < -0.3 is 14.8 Å². The van der Waals surface area contributed by atoms with Crippen molar-refractivity contribution in [1.29, 1.82) is 0 Å². The molecule has 1 heterocycles. The highest BCUT2D eigenvalue weighted by Crippen LogP contribution is 2.40. The molecule has 0 bridgehead atoms. The quantitative estimate of drug-likeness (QED) is 0.656. The van der Waals surface area contributed by atoms with E-state index in [9.17, 15) is 14.4 Å². The van der Waals surface area contributed by atoms with Crippen molar-refractivity contribution in [2.75, 3.05) is 19.0 Å². The van der Waals surface area contributed by atoms with Crippen molar-refractivity contribution in [3.63, 3.8) is 0 Å². The molecule has 0 fully saturated rings. The van der Waals surface area contributed by atoms with Crippen LogP contribution < -0.4 is 5.32 Å². The Kier molecular flexibility index (Phi) is 6.82. The van der Waals surface area contributed by atoms with Gasteiger partial charge in [0.1, 0.15) is 5.00 Å². The maximum Gasteiger partial charge on any atom is 0.341 e. The molecule has 1 amide bonds. The normalized spacial score (nSPS) is 15.4. The number of rotatable bonds is 5. The lowest BCUT2D eigenvalue weighted by molar-refractivity contribution is -0.119. The fourth-order valence-corrected chi connectivity index (χ4v) is 4.87. The summed E-state index contributed by atoms with van der Waals surface area (Å²) in [7, 11) is 1.31. The number of halogens is 2. The van der Waals surface area contributed by atoms with Crippen molar-refractivity contribution >= 4 is 57.4 Å². The molecule has 1 N–H and O–H groups in total. The summed E-state index contributed by atoms with van der Waals surface area (Å²) in [5.41, 5.74) is 1.51. The van der Waals surface area contributed by atoms with Gasteiger partial charge in [-0.25, -0.2) is 9.59 Å². The first-order valence-electron chi connectivity index (χ1n) is 8.95. The molecule has 29 heavy (non-hydrogen) atoms. The van der Waals surface area contributed by atoms with E-state index in [0.717, 1.165) is 29.7 Å². The lowest BCUT2D eigenvalue weighted by Crippen LogP contribution is -2.22. The van der Waals surface area contributed by atoms with E-state index >= 15 is 0 Å². The molecule has 1 aliphatic rings. The number of nitrogens with one attached hydrogen (secondary N) is 1. The van der Waals surface area contributed by atoms with Gasteiger partial charge in [-0.2, -0.15) is 0 Å². The number of esters is 2. The molecule has 0 saturated heterocycles. The Balaban J connectivity index is 1.69. The second kappa shape index (κ2) is 9.15. The molecule has 154 valence electrons. The van der Waals surface area contributed by atoms with Crippen LogP contribution in [0.25, 0.3) is 0 Å². The molecular weight excluding hydrogens is 437 g/mol. The molecular formula is C20H19Cl2NO5S. The minimum atomic E-state index is -0.703. The van der Waals surface area contributed by atoms with Crippen LogP contribution in [0, 0.1) is 5.92 Å². The Morgan fingerprint density at radius 2 is 1.97 bits per heavy atom. The molecule has 1 aromatic heterocycles. The summed E-state index contributed by atoms with van der Waals surface area (Å²) >= 11 is 13.1. The van der Waals surface area contributed by atoms with Crippen LogP contribution in [0.15, 0.2) is 18.2 Å². The summed E-state index contributed by atoms with van der Waals surface area (Å²) in [6, 6.07) is 4.30. The fraction of sp³-hybridized carbons (Fsp3) is 0.350. The largest absolute Gasteiger partial charge is 0.465 e. The van der Waals surface area contributed by atoms with Crippen molar-refractivity contribution in [3.8, 4) is 0 Å². The predicted molar refractivity (Wildman–Crippen MR) is 112 cm³/mol. The predicted octanol–water partition coefficient (Wildman–Crippen LogP) is 4.76. The lowest BCUT2D eigenvalue weighted by Gasteiger charge is -2.18. The van der Waals surface area contributed by atoms with Gasteiger partial charge in [-0.1, -0.05) is 30.1 Å². The number of carbonyl (C=O) groups is 3. The van der Waals surface area contributed by atoms with Gasteiger partial charge in [0.25, 0.3) is 5.91 Å². The highest BCUT2D eigenvalue weighted by molar-refractivity contribution is 7.17. The topological polar surface area (TPSA) is 81.7 Å². The van der Waals surface area contributed by atoms with Gasteiger partial charge >= 0.3 is 11.9 Å². The minimum absolute atomic E-state index is 0.183. The number of benzene rings is 1. The van der Waals surface area contributed by atoms with Crippen LogP contribution in [-0.4, -0.2) is 31.6 Å². The molecule has 2 aromatic rings. The van der Waals surface area contributed by atoms with Gasteiger partial charge in [0.05, 0.1) is 28.3 Å². The van der Waals surface area contributed by atoms with Crippen LogP contribution in [-0.2, 0) is 27.1 Å². The van der Waals surface area contributed by atoms with Gasteiger partial charge in [0, 0.05) is 4.88 Å². The van der Waals surface area contributed by atoms with E-state index < -0.39 is 24.5 Å². The summed E-state index contributed by atoms with van der Waals surface area (Å²) in [6.45, 7) is 1.65. The van der Waals surface area contributed by atoms with E-state index in [0.29, 0.717) is 21.5 Å². The number of carbonyl (C=O) groups excluding carboxylic acids is 3. The van der Waals surface area contributed by atoms with Crippen LogP contribution in [0.5, 0.6) is 0 Å². The van der Waals surface area contributed by atoms with Crippen molar-refractivity contribution in [3.05, 3.63) is 49.8 Å². The summed E-state index contributed by atoms with van der Waals surface area (Å²) in [5.74, 6) is -1.22. The number of anilines is 1. The van der Waals surface area contributed by atoms with Crippen molar-refractivity contribution < 1.29 is 23.9 Å². The van der Waals surface area contributed by atoms with Crippen LogP contribution in [0.3, 0.4) is 0 Å². The Bertz CT molecular complexity index is 972. The van der Waals surface area contributed by atoms with E-state index in [2.05, 4.69) is 12.2 Å². The molecule has 1 aliphatic carbocycles. The van der Waals surface area contributed by atoms with Crippen LogP contribution in [0.4, 0.5) is 5.00 Å². The maximum absolute atomic E-state index is 12.3. The number of thiophene rings is 1. The van der Waals surface area contributed by atoms with Crippen molar-refractivity contribution in [1.82, 2.24) is 0 Å². The fourth-order valence-electron chi connectivity index (χ4n) is 3.16. The van der Waals surface area contributed by atoms with Gasteiger partial charge in [0.2, 0.25) is 0 Å². The SMILES string of the molecule is COC(=O)c1c(NC(=O)COC(=O)c2ccc(Cl)c(Cl)c2)sc2c1CC[C@H](C)C2. The smallest absolute Gasteiger partial charge is 0.341 e. The maximum atomic E-state index is 12.3. The highest BCUT2D eigenvalue weighted by Gasteiger charge is 2.29. The molecule has 3 rings (SSSR count). The number of fused-ring (bicyclic) bond motifs is 1. The second-order valence-electron chi connectivity index (χ2n) is 6.80. The van der Waals surface area contributed by atoms with Gasteiger partial charge in [-0.05, 0) is 48.9 Å². The van der Waals surface area contributed by atoms with E-state index in [1.807, 2.05) is 0 Å². The van der Waals surface area contributed by atoms with E-state index in [4.69, 9.17) is 32.7 Å². The minimum Gasteiger partial charge on any atom is -0.465 e. The summed E-state index contributed by atoms with van der Waals surface area (Å²) in [6.07, 6.45) is 2.59. The molecule has 1 aromatic carbocycles. The van der Waals surface area contributed by atoms with Crippen molar-refractivity contribution in [2.45, 2.75) is 26.2 Å². The molecule has 0 spiro atoms. The average molecular weight is 456 g/mol. The third kappa shape index (κ3) is 4.91. The lowest BCUT2D eigenvalue weighted by atomic mass is 9.88. The Labute approximate surface area is 182 Å². The highest BCUT2D eigenvalue weighted by atomic mass is 35.5. The summed E-state index contributed by atoms with van der Waals surface area (Å²) in [4.78, 5) is 37.8. The van der Waals surface area contributed by atoms with Gasteiger partial charge in [-0.3, -0.25) is 4.79 Å². The number of amides is 1. The molecule has 0 saturated carbocycles. The van der Waals surface area contributed by atoms with Crippen LogP contribution in [0.2, 0.25) is 10.0 Å². The molecule has 1 atom stereocenters. The van der Waals surface area contributed by atoms with E-state index in [1.165, 1.54) is 36.6 Å². The standard InChI is InChI=1S/C20H19Cl2NO5S/c1-10-3-5-12-15(7-10)29-18(17(12)20(26)27-2)23-16(24)9-28-19(25)11-4-6-13(21)14(22)8-11/h4,6,8,10H,3,5,7,9H2,1-2H3,(H,23,24)/t10-/m0/s1. The third-order valence-electron chi connectivity index (χ3n) is 4.64. The van der Waals surface area contributed by atoms with Crippen LogP contribution >= 0.6 is 34.5 Å². The molecule has 6 nitrogen and oxygen atoms in total. The van der Waals surface area contributed by atoms with Crippen LogP contribution in [0.1, 0.15) is 44.5 Å². The Morgan fingerprint density at radius 3 is 2.66 bits per heavy atom. The first kappa shape index (κ1) is 21.6. The monoisotopic (exact) mass is 455 g/mol. The zero-order valence-electron chi connectivity index (χ0n) is 15.8. The van der Waals surface area contributed by atoms with Gasteiger partial charge in [0.15, 0.2) is 6.61 Å². The second-order valence-corrected chi connectivity index (χ2v) is 8.72. The number of ether oxygens (including phenoxy) is 2. The molecule has 0 radical (unpaired) electrons. The van der Waals surface area contributed by atoms with E-state index in [-0.39, 0.29) is 10.6 Å². The number of hydrogen-bond acceptors (Lipinski definition) is 6. The van der Waals surface area contributed by atoms with Gasteiger partial charge in [-0.15, -0.1) is 11.3 Å². The first-order valence-corrected chi connectivity index (χ1v) is 10.5. The molecule has 9 heteroatoms. The average Bonchev–Trinajstić information content (AvgIpc) is 3.04. The zero-order valence-corrected chi connectivity index (χ0v) is 18.2. The molecule has 0 aliphatic heterocycles. The Morgan fingerprint density at radius 1 is 1.21 bits per heavy atom. The number of hydrogen-bond donors (Lipinski definition) is 1. The Hall–Kier alpha value is -2.09. The van der Waals surface area contributed by atoms with E-state index in [1.54, 1.807) is 0 Å². The third-order valence-corrected chi connectivity index (χ3v) is 6.55. The first-order chi connectivity index (χ1) is 13.8. The zero-order chi connectivity index (χ0) is 21.1. The van der Waals surface area contributed by atoms with Crippen molar-refractivity contribution in [2.24, 2.45) is 5.92 Å². The molecule has 0 unspecified atom stereocenters. The summed E-state index contributed by atoms with van der Waals surface area (Å²) in [5, 5.41) is 3.63. The summed E-state index contributed by atoms with van der Waals surface area (Å²) < 4.78 is 9.93. The number of methoxy groups -OCH3 is 1.